The van der Waals surface area contributed by atoms with Crippen molar-refractivity contribution in [2.75, 3.05) is 13.1 Å². The smallest absolute Gasteiger partial charge is 0.191 e. The highest BCUT2D eigenvalue weighted by molar-refractivity contribution is 14.0. The first kappa shape index (κ1) is 18.9. The van der Waals surface area contributed by atoms with Gasteiger partial charge in [-0.15, -0.1) is 35.3 Å². The molecule has 2 aromatic heterocycles. The van der Waals surface area contributed by atoms with Crippen molar-refractivity contribution in [2.24, 2.45) is 4.99 Å². The van der Waals surface area contributed by atoms with E-state index in [-0.39, 0.29) is 24.0 Å². The van der Waals surface area contributed by atoms with Crippen LogP contribution in [0.25, 0.3) is 0 Å². The third kappa shape index (κ3) is 6.30. The molecular weight excluding hydrogens is 413 g/mol. The summed E-state index contributed by atoms with van der Waals surface area (Å²) >= 11 is 1.78. The van der Waals surface area contributed by atoms with Crippen LogP contribution in [0.4, 0.5) is 0 Å². The van der Waals surface area contributed by atoms with E-state index in [1.54, 1.807) is 17.6 Å². The Balaban J connectivity index is 0.00000242. The van der Waals surface area contributed by atoms with Crippen molar-refractivity contribution in [3.8, 4) is 0 Å². The minimum Gasteiger partial charge on any atom is -0.364 e. The van der Waals surface area contributed by atoms with Crippen LogP contribution in [0.5, 0.6) is 0 Å². The number of nitrogens with zero attached hydrogens (tertiary/aromatic N) is 3. The molecule has 0 saturated carbocycles. The van der Waals surface area contributed by atoms with E-state index in [0.717, 1.165) is 42.6 Å². The van der Waals surface area contributed by atoms with Crippen molar-refractivity contribution >= 4 is 41.3 Å². The molecule has 6 nitrogen and oxygen atoms in total. The fourth-order valence-corrected chi connectivity index (χ4v) is 2.60. The maximum atomic E-state index is 4.79. The minimum atomic E-state index is 0. The fraction of sp³-hybridized carbons (Fsp3) is 0.500. The Morgan fingerprint density at radius 1 is 1.36 bits per heavy atom. The van der Waals surface area contributed by atoms with Gasteiger partial charge in [-0.05, 0) is 13.3 Å². The molecule has 0 aromatic carbocycles. The van der Waals surface area contributed by atoms with Crippen LogP contribution in [-0.2, 0) is 19.4 Å². The average Bonchev–Trinajstić information content (AvgIpc) is 3.16. The molecule has 122 valence electrons. The fourth-order valence-electron chi connectivity index (χ4n) is 1.74. The van der Waals surface area contributed by atoms with E-state index in [1.165, 1.54) is 4.88 Å². The van der Waals surface area contributed by atoms with Gasteiger partial charge in [0.1, 0.15) is 12.0 Å². The predicted molar refractivity (Wildman–Crippen MR) is 99.9 cm³/mol. The minimum absolute atomic E-state index is 0. The molecule has 0 atom stereocenters. The molecule has 0 aliphatic rings. The number of halogens is 1. The summed E-state index contributed by atoms with van der Waals surface area (Å²) in [6.07, 6.45) is 5.47. The molecule has 2 N–H and O–H groups in total. The second-order valence-corrected chi connectivity index (χ2v) is 5.64. The molecule has 0 aliphatic heterocycles. The highest BCUT2D eigenvalue weighted by Crippen LogP contribution is 2.13. The monoisotopic (exact) mass is 435 g/mol. The third-order valence-corrected chi connectivity index (χ3v) is 4.02. The number of guanidine groups is 1. The number of hydrogen-bond donors (Lipinski definition) is 2. The highest BCUT2D eigenvalue weighted by atomic mass is 127. The molecule has 0 spiro atoms. The van der Waals surface area contributed by atoms with Gasteiger partial charge < -0.3 is 15.2 Å². The first-order valence-corrected chi connectivity index (χ1v) is 7.98. The van der Waals surface area contributed by atoms with Crippen LogP contribution in [0.1, 0.15) is 29.4 Å². The van der Waals surface area contributed by atoms with Crippen LogP contribution in [0.15, 0.2) is 28.0 Å². The average molecular weight is 435 g/mol. The molecule has 0 bridgehead atoms. The van der Waals surface area contributed by atoms with Gasteiger partial charge in [0.25, 0.3) is 0 Å². The van der Waals surface area contributed by atoms with Gasteiger partial charge in [0.15, 0.2) is 5.96 Å². The van der Waals surface area contributed by atoms with Crippen molar-refractivity contribution in [1.82, 2.24) is 20.8 Å². The molecule has 0 aliphatic carbocycles. The first-order chi connectivity index (χ1) is 10.3. The van der Waals surface area contributed by atoms with Gasteiger partial charge in [-0.3, -0.25) is 0 Å². The van der Waals surface area contributed by atoms with Gasteiger partial charge in [0.2, 0.25) is 0 Å². The predicted octanol–water partition coefficient (Wildman–Crippen LogP) is 2.61. The summed E-state index contributed by atoms with van der Waals surface area (Å²) < 4.78 is 4.79. The molecule has 2 aromatic rings. The van der Waals surface area contributed by atoms with Gasteiger partial charge in [0.05, 0.1) is 11.6 Å². The SMILES string of the molecule is CCNC(=NCc1ccon1)NCCc1ncc(CC)s1.I. The Morgan fingerprint density at radius 3 is 2.86 bits per heavy atom. The zero-order chi connectivity index (χ0) is 14.9. The van der Waals surface area contributed by atoms with E-state index < -0.39 is 0 Å². The Morgan fingerprint density at radius 2 is 2.23 bits per heavy atom. The molecule has 2 heterocycles. The number of nitrogens with one attached hydrogen (secondary N) is 2. The van der Waals surface area contributed by atoms with E-state index in [9.17, 15) is 0 Å². The number of thiazole rings is 1. The summed E-state index contributed by atoms with van der Waals surface area (Å²) in [5.74, 6) is 0.785. The summed E-state index contributed by atoms with van der Waals surface area (Å²) in [5.41, 5.74) is 0.819. The Kier molecular flexibility index (Phi) is 9.05. The molecule has 0 amide bonds. The van der Waals surface area contributed by atoms with Crippen molar-refractivity contribution in [3.63, 3.8) is 0 Å². The first-order valence-electron chi connectivity index (χ1n) is 7.16. The van der Waals surface area contributed by atoms with Crippen LogP contribution >= 0.6 is 35.3 Å². The molecule has 2 rings (SSSR count). The second-order valence-electron chi connectivity index (χ2n) is 4.44. The lowest BCUT2D eigenvalue weighted by atomic mass is 10.4. The van der Waals surface area contributed by atoms with Crippen LogP contribution in [0.2, 0.25) is 0 Å². The van der Waals surface area contributed by atoms with Crippen LogP contribution < -0.4 is 10.6 Å². The Hall–Kier alpha value is -1.16. The summed E-state index contributed by atoms with van der Waals surface area (Å²) in [6.45, 7) is 6.32. The number of aromatic nitrogens is 2. The third-order valence-electron chi connectivity index (χ3n) is 2.82. The lowest BCUT2D eigenvalue weighted by Gasteiger charge is -2.10. The quantitative estimate of drug-likeness (QED) is 0.397. The van der Waals surface area contributed by atoms with E-state index >= 15 is 0 Å². The van der Waals surface area contributed by atoms with Crippen LogP contribution in [0, 0.1) is 0 Å². The summed E-state index contributed by atoms with van der Waals surface area (Å²) in [7, 11) is 0. The van der Waals surface area contributed by atoms with E-state index in [0.29, 0.717) is 6.54 Å². The molecule has 0 radical (unpaired) electrons. The summed E-state index contributed by atoms with van der Waals surface area (Å²) in [5, 5.41) is 11.5. The maximum Gasteiger partial charge on any atom is 0.191 e. The molecule has 0 fully saturated rings. The van der Waals surface area contributed by atoms with E-state index in [4.69, 9.17) is 4.52 Å². The zero-order valence-electron chi connectivity index (χ0n) is 12.8. The van der Waals surface area contributed by atoms with Crippen molar-refractivity contribution in [1.29, 1.82) is 0 Å². The van der Waals surface area contributed by atoms with Gasteiger partial charge >= 0.3 is 0 Å². The Labute approximate surface area is 151 Å². The Bertz CT molecular complexity index is 555. The molecule has 22 heavy (non-hydrogen) atoms. The molecule has 0 unspecified atom stereocenters. The standard InChI is InChI=1S/C14H21N5OS.HI/c1-3-12-10-17-13(21-12)5-7-16-14(15-4-2)18-9-11-6-8-20-19-11;/h6,8,10H,3-5,7,9H2,1-2H3,(H2,15,16,18);1H. The largest absolute Gasteiger partial charge is 0.364 e. The summed E-state index contributed by atoms with van der Waals surface area (Å²) in [6, 6.07) is 1.81. The molecule has 8 heteroatoms. The van der Waals surface area contributed by atoms with Crippen molar-refractivity contribution < 1.29 is 4.52 Å². The zero-order valence-corrected chi connectivity index (χ0v) is 16.0. The number of hydrogen-bond acceptors (Lipinski definition) is 5. The molecular formula is C14H22IN5OS. The number of rotatable bonds is 7. The number of aliphatic imine (C=N–C) groups is 1. The molecule has 0 saturated heterocycles. The van der Waals surface area contributed by atoms with E-state index in [2.05, 4.69) is 32.7 Å². The van der Waals surface area contributed by atoms with Crippen molar-refractivity contribution in [3.05, 3.63) is 34.1 Å². The lowest BCUT2D eigenvalue weighted by molar-refractivity contribution is 0.412. The second kappa shape index (κ2) is 10.5. The number of aryl methyl sites for hydroxylation is 1. The van der Waals surface area contributed by atoms with Gasteiger partial charge in [-0.1, -0.05) is 12.1 Å². The van der Waals surface area contributed by atoms with Gasteiger partial charge in [-0.2, -0.15) is 0 Å². The van der Waals surface area contributed by atoms with E-state index in [1.807, 2.05) is 19.2 Å². The maximum absolute atomic E-state index is 4.79. The van der Waals surface area contributed by atoms with Gasteiger partial charge in [0, 0.05) is 36.7 Å². The normalized spacial score (nSPS) is 11.1. The lowest BCUT2D eigenvalue weighted by Crippen LogP contribution is -2.38. The van der Waals surface area contributed by atoms with Gasteiger partial charge in [-0.25, -0.2) is 9.98 Å². The van der Waals surface area contributed by atoms with Crippen LogP contribution in [0.3, 0.4) is 0 Å². The highest BCUT2D eigenvalue weighted by Gasteiger charge is 2.02. The summed E-state index contributed by atoms with van der Waals surface area (Å²) in [4.78, 5) is 10.2. The van der Waals surface area contributed by atoms with Crippen molar-refractivity contribution in [2.45, 2.75) is 33.2 Å². The topological polar surface area (TPSA) is 75.3 Å². The van der Waals surface area contributed by atoms with Crippen LogP contribution in [-0.4, -0.2) is 29.2 Å².